The van der Waals surface area contributed by atoms with Crippen molar-refractivity contribution in [1.82, 2.24) is 0 Å². The van der Waals surface area contributed by atoms with E-state index < -0.39 is 6.10 Å². The highest BCUT2D eigenvalue weighted by Crippen LogP contribution is 2.16. The van der Waals surface area contributed by atoms with E-state index in [1.165, 1.54) is 31.2 Å². The Bertz CT molecular complexity index is 276. The van der Waals surface area contributed by atoms with Crippen molar-refractivity contribution in [2.75, 3.05) is 0 Å². The second kappa shape index (κ2) is 3.36. The Morgan fingerprint density at radius 3 is 2.25 bits per heavy atom. The molecule has 0 unspecified atom stereocenters. The van der Waals surface area contributed by atoms with Crippen LogP contribution in [-0.2, 0) is 4.79 Å². The Morgan fingerprint density at radius 1 is 1.33 bits per heavy atom. The van der Waals surface area contributed by atoms with Crippen molar-refractivity contribution in [1.29, 1.82) is 0 Å². The van der Waals surface area contributed by atoms with Gasteiger partial charge in [-0.1, -0.05) is 12.1 Å². The molecule has 0 heterocycles. The van der Waals surface area contributed by atoms with E-state index in [1.54, 1.807) is 0 Å². The highest BCUT2D eigenvalue weighted by molar-refractivity contribution is 5.81. The molecule has 0 saturated heterocycles. The van der Waals surface area contributed by atoms with E-state index in [0.717, 1.165) is 0 Å². The second-order valence-electron chi connectivity index (χ2n) is 2.60. The molecule has 0 spiro atoms. The standard InChI is InChI=1S/C9H10O3/c1-6(10)9(12)7-2-4-8(11)5-3-7/h2-5,9,11-12H,1H3/t9-/m0/s1. The Morgan fingerprint density at radius 2 is 1.83 bits per heavy atom. The first kappa shape index (κ1) is 8.74. The number of benzene rings is 1. The van der Waals surface area contributed by atoms with E-state index in [-0.39, 0.29) is 11.5 Å². The number of aromatic hydroxyl groups is 1. The molecule has 0 aliphatic heterocycles. The van der Waals surface area contributed by atoms with E-state index in [0.29, 0.717) is 5.56 Å². The van der Waals surface area contributed by atoms with Crippen molar-refractivity contribution in [3.05, 3.63) is 29.8 Å². The van der Waals surface area contributed by atoms with Gasteiger partial charge in [-0.3, -0.25) is 4.79 Å². The maximum atomic E-state index is 10.7. The van der Waals surface area contributed by atoms with E-state index in [2.05, 4.69) is 0 Å². The fraction of sp³-hybridized carbons (Fsp3) is 0.222. The molecule has 0 radical (unpaired) electrons. The molecule has 1 rings (SSSR count). The number of Topliss-reactive ketones (excluding diaryl/α,β-unsaturated/α-hetero) is 1. The maximum absolute atomic E-state index is 10.7. The number of phenolic OH excluding ortho intramolecular Hbond substituents is 1. The number of carbonyl (C=O) groups excluding carboxylic acids is 1. The molecule has 64 valence electrons. The number of phenols is 1. The molecule has 0 saturated carbocycles. The molecule has 0 aliphatic carbocycles. The lowest BCUT2D eigenvalue weighted by Gasteiger charge is -2.05. The molecule has 3 nitrogen and oxygen atoms in total. The number of carbonyl (C=O) groups is 1. The van der Waals surface area contributed by atoms with Gasteiger partial charge in [0.05, 0.1) is 0 Å². The van der Waals surface area contributed by atoms with E-state index in [1.807, 2.05) is 0 Å². The third kappa shape index (κ3) is 1.83. The summed E-state index contributed by atoms with van der Waals surface area (Å²) in [6.07, 6.45) is -1.08. The van der Waals surface area contributed by atoms with Crippen molar-refractivity contribution in [3.8, 4) is 5.75 Å². The summed E-state index contributed by atoms with van der Waals surface area (Å²) in [5.41, 5.74) is 0.500. The van der Waals surface area contributed by atoms with Crippen LogP contribution in [0.15, 0.2) is 24.3 Å². The average Bonchev–Trinajstić information content (AvgIpc) is 2.04. The summed E-state index contributed by atoms with van der Waals surface area (Å²) in [5, 5.41) is 18.2. The SMILES string of the molecule is CC(=O)[C@H](O)c1ccc(O)cc1. The van der Waals surface area contributed by atoms with E-state index in [4.69, 9.17) is 5.11 Å². The van der Waals surface area contributed by atoms with Gasteiger partial charge >= 0.3 is 0 Å². The highest BCUT2D eigenvalue weighted by Gasteiger charge is 2.11. The Labute approximate surface area is 70.3 Å². The van der Waals surface area contributed by atoms with Gasteiger partial charge in [0, 0.05) is 0 Å². The number of hydrogen-bond donors (Lipinski definition) is 2. The molecule has 0 aromatic heterocycles. The molecular weight excluding hydrogens is 156 g/mol. The lowest BCUT2D eigenvalue weighted by molar-refractivity contribution is -0.125. The van der Waals surface area contributed by atoms with Crippen molar-refractivity contribution >= 4 is 5.78 Å². The van der Waals surface area contributed by atoms with Crippen LogP contribution in [-0.4, -0.2) is 16.0 Å². The van der Waals surface area contributed by atoms with Crippen LogP contribution in [0.1, 0.15) is 18.6 Å². The second-order valence-corrected chi connectivity index (χ2v) is 2.60. The summed E-state index contributed by atoms with van der Waals surface area (Å²) in [6, 6.07) is 5.89. The predicted octanol–water partition coefficient (Wildman–Crippen LogP) is 1.01. The summed E-state index contributed by atoms with van der Waals surface area (Å²) in [5.74, 6) is -0.185. The largest absolute Gasteiger partial charge is 0.508 e. The van der Waals surface area contributed by atoms with Crippen molar-refractivity contribution < 1.29 is 15.0 Å². The van der Waals surface area contributed by atoms with Crippen LogP contribution in [0.2, 0.25) is 0 Å². The molecule has 2 N–H and O–H groups in total. The third-order valence-electron chi connectivity index (χ3n) is 1.59. The van der Waals surface area contributed by atoms with Crippen molar-refractivity contribution in [2.24, 2.45) is 0 Å². The van der Waals surface area contributed by atoms with Gasteiger partial charge in [-0.15, -0.1) is 0 Å². The lowest BCUT2D eigenvalue weighted by Crippen LogP contribution is -2.06. The van der Waals surface area contributed by atoms with E-state index >= 15 is 0 Å². The zero-order valence-corrected chi connectivity index (χ0v) is 6.69. The van der Waals surface area contributed by atoms with Gasteiger partial charge in [-0.05, 0) is 24.6 Å². The minimum absolute atomic E-state index is 0.120. The summed E-state index contributed by atoms with van der Waals surface area (Å²) in [6.45, 7) is 1.32. The van der Waals surface area contributed by atoms with Gasteiger partial charge in [-0.25, -0.2) is 0 Å². The molecule has 0 bridgehead atoms. The van der Waals surface area contributed by atoms with Crippen LogP contribution in [0.5, 0.6) is 5.75 Å². The molecule has 0 fully saturated rings. The van der Waals surface area contributed by atoms with Gasteiger partial charge < -0.3 is 10.2 Å². The third-order valence-corrected chi connectivity index (χ3v) is 1.59. The fourth-order valence-electron chi connectivity index (χ4n) is 0.891. The van der Waals surface area contributed by atoms with Crippen LogP contribution in [0.25, 0.3) is 0 Å². The van der Waals surface area contributed by atoms with Gasteiger partial charge in [0.1, 0.15) is 11.9 Å². The normalized spacial score (nSPS) is 12.5. The first-order chi connectivity index (χ1) is 5.61. The zero-order valence-electron chi connectivity index (χ0n) is 6.69. The van der Waals surface area contributed by atoms with Gasteiger partial charge in [0.2, 0.25) is 0 Å². The minimum atomic E-state index is -1.08. The summed E-state index contributed by atoms with van der Waals surface area (Å²) >= 11 is 0. The van der Waals surface area contributed by atoms with Crippen LogP contribution < -0.4 is 0 Å². The van der Waals surface area contributed by atoms with Gasteiger partial charge in [0.15, 0.2) is 5.78 Å². The monoisotopic (exact) mass is 166 g/mol. The Kier molecular flexibility index (Phi) is 2.45. The number of aliphatic hydroxyl groups is 1. The van der Waals surface area contributed by atoms with Gasteiger partial charge in [0.25, 0.3) is 0 Å². The molecule has 1 atom stereocenters. The van der Waals surface area contributed by atoms with Crippen molar-refractivity contribution in [2.45, 2.75) is 13.0 Å². The van der Waals surface area contributed by atoms with Crippen LogP contribution in [0.3, 0.4) is 0 Å². The summed E-state index contributed by atoms with van der Waals surface area (Å²) in [4.78, 5) is 10.7. The maximum Gasteiger partial charge on any atom is 0.162 e. The molecule has 3 heteroatoms. The summed E-state index contributed by atoms with van der Waals surface area (Å²) in [7, 11) is 0. The Balaban J connectivity index is 2.89. The van der Waals surface area contributed by atoms with Gasteiger partial charge in [-0.2, -0.15) is 0 Å². The van der Waals surface area contributed by atoms with Crippen LogP contribution in [0, 0.1) is 0 Å². The average molecular weight is 166 g/mol. The highest BCUT2D eigenvalue weighted by atomic mass is 16.3. The first-order valence-electron chi connectivity index (χ1n) is 3.58. The topological polar surface area (TPSA) is 57.5 Å². The molecule has 12 heavy (non-hydrogen) atoms. The van der Waals surface area contributed by atoms with Crippen LogP contribution >= 0.6 is 0 Å². The quantitative estimate of drug-likeness (QED) is 0.689. The number of aliphatic hydroxyl groups excluding tert-OH is 1. The zero-order chi connectivity index (χ0) is 9.14. The molecule has 1 aromatic carbocycles. The van der Waals surface area contributed by atoms with Crippen molar-refractivity contribution in [3.63, 3.8) is 0 Å². The predicted molar refractivity (Wildman–Crippen MR) is 43.7 cm³/mol. The minimum Gasteiger partial charge on any atom is -0.508 e. The number of ketones is 1. The van der Waals surface area contributed by atoms with E-state index in [9.17, 15) is 9.90 Å². The smallest absolute Gasteiger partial charge is 0.162 e. The molecule has 0 amide bonds. The molecular formula is C9H10O3. The number of rotatable bonds is 2. The molecule has 1 aromatic rings. The fourth-order valence-corrected chi connectivity index (χ4v) is 0.891. The summed E-state index contributed by atoms with van der Waals surface area (Å²) < 4.78 is 0. The number of hydrogen-bond acceptors (Lipinski definition) is 3. The van der Waals surface area contributed by atoms with Crippen LogP contribution in [0.4, 0.5) is 0 Å². The lowest BCUT2D eigenvalue weighted by atomic mass is 10.1. The first-order valence-corrected chi connectivity index (χ1v) is 3.58. The Hall–Kier alpha value is -1.35. The molecule has 0 aliphatic rings.